The molecule has 2 aliphatic rings. The summed E-state index contributed by atoms with van der Waals surface area (Å²) in [5.41, 5.74) is 0.0367. The van der Waals surface area contributed by atoms with Gasteiger partial charge in [-0.1, -0.05) is 13.8 Å². The Morgan fingerprint density at radius 3 is 2.75 bits per heavy atom. The highest BCUT2D eigenvalue weighted by Crippen LogP contribution is 2.27. The van der Waals surface area contributed by atoms with Crippen molar-refractivity contribution in [2.45, 2.75) is 45.7 Å². The molecule has 2 saturated heterocycles. The average Bonchev–Trinajstić information content (AvgIpc) is 2.65. The molecule has 2 heterocycles. The molecule has 3 heteroatoms. The SMILES string of the molecule is CC1CN2CCCC2CN1CC(C)(C)CO. The summed E-state index contributed by atoms with van der Waals surface area (Å²) in [7, 11) is 0. The molecule has 16 heavy (non-hydrogen) atoms. The van der Waals surface area contributed by atoms with E-state index in [0.717, 1.165) is 12.6 Å². The Kier molecular flexibility index (Phi) is 3.57. The molecule has 0 radical (unpaired) electrons. The Labute approximate surface area is 99.4 Å². The summed E-state index contributed by atoms with van der Waals surface area (Å²) < 4.78 is 0. The van der Waals surface area contributed by atoms with E-state index in [1.54, 1.807) is 0 Å². The van der Waals surface area contributed by atoms with E-state index in [1.807, 2.05) is 0 Å². The fraction of sp³-hybridized carbons (Fsp3) is 1.00. The van der Waals surface area contributed by atoms with Gasteiger partial charge in [0.1, 0.15) is 0 Å². The zero-order valence-electron chi connectivity index (χ0n) is 10.9. The van der Waals surface area contributed by atoms with Crippen LogP contribution in [0.1, 0.15) is 33.6 Å². The Morgan fingerprint density at radius 1 is 1.31 bits per heavy atom. The minimum atomic E-state index is 0.0367. The van der Waals surface area contributed by atoms with Crippen molar-refractivity contribution in [2.75, 3.05) is 32.8 Å². The van der Waals surface area contributed by atoms with Gasteiger partial charge in [-0.15, -0.1) is 0 Å². The van der Waals surface area contributed by atoms with Gasteiger partial charge in [-0.3, -0.25) is 9.80 Å². The largest absolute Gasteiger partial charge is 0.396 e. The molecule has 0 amide bonds. The molecule has 2 rings (SSSR count). The van der Waals surface area contributed by atoms with Crippen molar-refractivity contribution < 1.29 is 5.11 Å². The zero-order valence-corrected chi connectivity index (χ0v) is 10.9. The molecule has 2 aliphatic heterocycles. The van der Waals surface area contributed by atoms with Gasteiger partial charge in [0.2, 0.25) is 0 Å². The number of aliphatic hydroxyl groups is 1. The van der Waals surface area contributed by atoms with Crippen LogP contribution in [0.2, 0.25) is 0 Å². The summed E-state index contributed by atoms with van der Waals surface area (Å²) in [6.45, 7) is 11.6. The van der Waals surface area contributed by atoms with E-state index in [4.69, 9.17) is 0 Å². The third-order valence-corrected chi connectivity index (χ3v) is 4.13. The minimum absolute atomic E-state index is 0.0367. The van der Waals surface area contributed by atoms with Crippen molar-refractivity contribution in [3.63, 3.8) is 0 Å². The van der Waals surface area contributed by atoms with Gasteiger partial charge in [0.15, 0.2) is 0 Å². The second-order valence-electron chi connectivity index (χ2n) is 6.39. The first-order valence-corrected chi connectivity index (χ1v) is 6.61. The van der Waals surface area contributed by atoms with Crippen LogP contribution >= 0.6 is 0 Å². The van der Waals surface area contributed by atoms with Gasteiger partial charge in [0, 0.05) is 43.7 Å². The number of rotatable bonds is 3. The van der Waals surface area contributed by atoms with E-state index in [1.165, 1.54) is 32.5 Å². The number of fused-ring (bicyclic) bond motifs is 1. The molecule has 0 aromatic rings. The fourth-order valence-electron chi connectivity index (χ4n) is 3.07. The molecular formula is C13H26N2O. The highest BCUT2D eigenvalue weighted by Gasteiger charge is 2.36. The maximum Gasteiger partial charge on any atom is 0.0494 e. The second kappa shape index (κ2) is 4.63. The van der Waals surface area contributed by atoms with E-state index in [2.05, 4.69) is 30.6 Å². The van der Waals surface area contributed by atoms with Crippen LogP contribution in [0.3, 0.4) is 0 Å². The molecule has 2 unspecified atom stereocenters. The lowest BCUT2D eigenvalue weighted by Crippen LogP contribution is -2.57. The quantitative estimate of drug-likeness (QED) is 0.782. The predicted octanol–water partition coefficient (Wildman–Crippen LogP) is 1.17. The predicted molar refractivity (Wildman–Crippen MR) is 66.5 cm³/mol. The summed E-state index contributed by atoms with van der Waals surface area (Å²) in [6, 6.07) is 1.42. The Morgan fingerprint density at radius 2 is 2.06 bits per heavy atom. The van der Waals surface area contributed by atoms with Crippen LogP contribution in [-0.2, 0) is 0 Å². The fourth-order valence-corrected chi connectivity index (χ4v) is 3.07. The van der Waals surface area contributed by atoms with E-state index in [0.29, 0.717) is 6.04 Å². The molecule has 0 aromatic carbocycles. The zero-order chi connectivity index (χ0) is 11.8. The van der Waals surface area contributed by atoms with E-state index in [-0.39, 0.29) is 12.0 Å². The van der Waals surface area contributed by atoms with Crippen molar-refractivity contribution in [3.8, 4) is 0 Å². The van der Waals surface area contributed by atoms with Crippen LogP contribution in [0.4, 0.5) is 0 Å². The molecule has 0 bridgehead atoms. The van der Waals surface area contributed by atoms with Crippen LogP contribution in [-0.4, -0.2) is 59.8 Å². The smallest absolute Gasteiger partial charge is 0.0494 e. The summed E-state index contributed by atoms with van der Waals surface area (Å²) in [5, 5.41) is 9.36. The molecular weight excluding hydrogens is 200 g/mol. The molecule has 2 atom stereocenters. The Hall–Kier alpha value is -0.120. The van der Waals surface area contributed by atoms with Gasteiger partial charge >= 0.3 is 0 Å². The van der Waals surface area contributed by atoms with Crippen LogP contribution in [0, 0.1) is 5.41 Å². The van der Waals surface area contributed by atoms with E-state index >= 15 is 0 Å². The number of piperazine rings is 1. The van der Waals surface area contributed by atoms with Crippen molar-refractivity contribution in [1.29, 1.82) is 0 Å². The van der Waals surface area contributed by atoms with Crippen molar-refractivity contribution >= 4 is 0 Å². The third-order valence-electron chi connectivity index (χ3n) is 4.13. The van der Waals surface area contributed by atoms with Crippen molar-refractivity contribution in [2.24, 2.45) is 5.41 Å². The molecule has 0 spiro atoms. The highest BCUT2D eigenvalue weighted by molar-refractivity contribution is 4.92. The van der Waals surface area contributed by atoms with Crippen LogP contribution in [0.25, 0.3) is 0 Å². The van der Waals surface area contributed by atoms with Crippen LogP contribution < -0.4 is 0 Å². The summed E-state index contributed by atoms with van der Waals surface area (Å²) >= 11 is 0. The average molecular weight is 226 g/mol. The summed E-state index contributed by atoms with van der Waals surface area (Å²) in [5.74, 6) is 0. The van der Waals surface area contributed by atoms with Gasteiger partial charge in [0.05, 0.1) is 0 Å². The topological polar surface area (TPSA) is 26.7 Å². The standard InChI is InChI=1S/C13H26N2O/c1-11-7-14-6-4-5-12(14)8-15(11)9-13(2,3)10-16/h11-12,16H,4-10H2,1-3H3. The maximum absolute atomic E-state index is 9.36. The minimum Gasteiger partial charge on any atom is -0.396 e. The molecule has 3 nitrogen and oxygen atoms in total. The lowest BCUT2D eigenvalue weighted by molar-refractivity contribution is 0.0180. The van der Waals surface area contributed by atoms with Crippen LogP contribution in [0.5, 0.6) is 0 Å². The van der Waals surface area contributed by atoms with E-state index < -0.39 is 0 Å². The lowest BCUT2D eigenvalue weighted by atomic mass is 9.92. The van der Waals surface area contributed by atoms with Crippen molar-refractivity contribution in [1.82, 2.24) is 9.80 Å². The summed E-state index contributed by atoms with van der Waals surface area (Å²) in [4.78, 5) is 5.22. The molecule has 2 fully saturated rings. The Bertz CT molecular complexity index is 242. The van der Waals surface area contributed by atoms with Crippen LogP contribution in [0.15, 0.2) is 0 Å². The molecule has 94 valence electrons. The van der Waals surface area contributed by atoms with Gasteiger partial charge in [-0.25, -0.2) is 0 Å². The molecule has 0 aliphatic carbocycles. The number of aliphatic hydroxyl groups excluding tert-OH is 1. The highest BCUT2D eigenvalue weighted by atomic mass is 16.3. The molecule has 0 aromatic heterocycles. The number of hydrogen-bond acceptors (Lipinski definition) is 3. The first kappa shape index (κ1) is 12.3. The second-order valence-corrected chi connectivity index (χ2v) is 6.39. The molecule has 1 N–H and O–H groups in total. The number of hydrogen-bond donors (Lipinski definition) is 1. The van der Waals surface area contributed by atoms with Gasteiger partial charge in [-0.05, 0) is 26.3 Å². The Balaban J connectivity index is 1.94. The first-order chi connectivity index (χ1) is 7.52. The van der Waals surface area contributed by atoms with E-state index in [9.17, 15) is 5.11 Å². The number of nitrogens with zero attached hydrogens (tertiary/aromatic N) is 2. The van der Waals surface area contributed by atoms with Gasteiger partial charge in [0.25, 0.3) is 0 Å². The molecule has 0 saturated carbocycles. The third kappa shape index (κ3) is 2.58. The maximum atomic E-state index is 9.36. The first-order valence-electron chi connectivity index (χ1n) is 6.61. The lowest BCUT2D eigenvalue weighted by Gasteiger charge is -2.45. The summed E-state index contributed by atoms with van der Waals surface area (Å²) in [6.07, 6.45) is 2.73. The van der Waals surface area contributed by atoms with Gasteiger partial charge in [-0.2, -0.15) is 0 Å². The van der Waals surface area contributed by atoms with Crippen molar-refractivity contribution in [3.05, 3.63) is 0 Å². The monoisotopic (exact) mass is 226 g/mol. The normalized spacial score (nSPS) is 33.0. The van der Waals surface area contributed by atoms with Gasteiger partial charge < -0.3 is 5.11 Å².